The summed E-state index contributed by atoms with van der Waals surface area (Å²) in [6, 6.07) is 9.54. The lowest BCUT2D eigenvalue weighted by Gasteiger charge is -2.26. The molecule has 4 rings (SSSR count). The summed E-state index contributed by atoms with van der Waals surface area (Å²) in [4.78, 5) is 21.5. The molecule has 1 fully saturated rings. The lowest BCUT2D eigenvalue weighted by molar-refractivity contribution is 0.0870. The summed E-state index contributed by atoms with van der Waals surface area (Å²) >= 11 is 0. The number of carbonyl (C=O) groups is 1. The van der Waals surface area contributed by atoms with Gasteiger partial charge in [-0.05, 0) is 37.1 Å². The van der Waals surface area contributed by atoms with Gasteiger partial charge in [-0.3, -0.25) is 14.2 Å². The van der Waals surface area contributed by atoms with Gasteiger partial charge in [-0.1, -0.05) is 18.9 Å². The Morgan fingerprint density at radius 1 is 1.19 bits per heavy atom. The molecule has 0 aromatic carbocycles. The normalized spacial score (nSPS) is 16.0. The van der Waals surface area contributed by atoms with Crippen molar-refractivity contribution in [2.24, 2.45) is 5.41 Å². The zero-order chi connectivity index (χ0) is 18.0. The van der Waals surface area contributed by atoms with Crippen LogP contribution < -0.4 is 5.32 Å². The van der Waals surface area contributed by atoms with E-state index in [0.29, 0.717) is 12.4 Å². The minimum atomic E-state index is -0.216. The van der Waals surface area contributed by atoms with Crippen molar-refractivity contribution < 1.29 is 9.90 Å². The number of aliphatic hydroxyl groups excluding tert-OH is 1. The Bertz CT molecular complexity index is 914. The van der Waals surface area contributed by atoms with Crippen LogP contribution in [0.1, 0.15) is 36.3 Å². The molecule has 0 radical (unpaired) electrons. The molecule has 6 nitrogen and oxygen atoms in total. The molecule has 0 saturated heterocycles. The number of aliphatic hydroxyl groups is 1. The van der Waals surface area contributed by atoms with Gasteiger partial charge in [0.1, 0.15) is 0 Å². The standard InChI is InChI=1S/C20H22N4O2/c25-14-20(8-2-3-9-20)13-22-19(26)18-23-17(15-6-10-21-11-7-15)16-5-1-4-12-24(16)18/h1,4-7,10-12,25H,2-3,8-9,13-14H2,(H,22,26). The molecule has 1 aliphatic rings. The number of imidazole rings is 1. The van der Waals surface area contributed by atoms with Crippen LogP contribution in [-0.4, -0.2) is 38.5 Å². The molecule has 1 saturated carbocycles. The van der Waals surface area contributed by atoms with Crippen LogP contribution in [0, 0.1) is 5.41 Å². The molecule has 26 heavy (non-hydrogen) atoms. The van der Waals surface area contributed by atoms with Crippen molar-refractivity contribution in [3.05, 3.63) is 54.7 Å². The van der Waals surface area contributed by atoms with Gasteiger partial charge >= 0.3 is 0 Å². The number of amides is 1. The summed E-state index contributed by atoms with van der Waals surface area (Å²) < 4.78 is 1.81. The summed E-state index contributed by atoms with van der Waals surface area (Å²) in [6.07, 6.45) is 9.40. The van der Waals surface area contributed by atoms with Gasteiger partial charge in [0.2, 0.25) is 5.82 Å². The number of aromatic nitrogens is 3. The SMILES string of the molecule is O=C(NCC1(CO)CCCC1)c1nc(-c2ccncc2)c2ccccn12. The molecule has 1 amide bonds. The Hall–Kier alpha value is -2.73. The summed E-state index contributed by atoms with van der Waals surface area (Å²) in [7, 11) is 0. The second-order valence-corrected chi connectivity index (χ2v) is 7.02. The fourth-order valence-corrected chi connectivity index (χ4v) is 3.78. The molecular weight excluding hydrogens is 328 g/mol. The molecule has 2 N–H and O–H groups in total. The first-order chi connectivity index (χ1) is 12.7. The maximum atomic E-state index is 12.8. The van der Waals surface area contributed by atoms with E-state index < -0.39 is 0 Å². The number of hydrogen-bond donors (Lipinski definition) is 2. The fourth-order valence-electron chi connectivity index (χ4n) is 3.78. The Kier molecular flexibility index (Phi) is 4.42. The van der Waals surface area contributed by atoms with E-state index in [4.69, 9.17) is 0 Å². The molecule has 134 valence electrons. The van der Waals surface area contributed by atoms with Crippen molar-refractivity contribution in [2.75, 3.05) is 13.2 Å². The molecule has 1 aliphatic carbocycles. The van der Waals surface area contributed by atoms with E-state index in [1.165, 1.54) is 0 Å². The van der Waals surface area contributed by atoms with E-state index >= 15 is 0 Å². The second-order valence-electron chi connectivity index (χ2n) is 7.02. The van der Waals surface area contributed by atoms with E-state index in [9.17, 15) is 9.90 Å². The van der Waals surface area contributed by atoms with E-state index in [1.54, 1.807) is 12.4 Å². The van der Waals surface area contributed by atoms with Crippen LogP contribution in [0.15, 0.2) is 48.9 Å². The highest BCUT2D eigenvalue weighted by Crippen LogP contribution is 2.37. The van der Waals surface area contributed by atoms with Crippen LogP contribution in [0.5, 0.6) is 0 Å². The second kappa shape index (κ2) is 6.88. The summed E-state index contributed by atoms with van der Waals surface area (Å²) in [5.41, 5.74) is 2.37. The van der Waals surface area contributed by atoms with Gasteiger partial charge in [0.05, 0.1) is 17.8 Å². The molecule has 0 bridgehead atoms. The minimum absolute atomic E-state index is 0.109. The number of carbonyl (C=O) groups excluding carboxylic acids is 1. The van der Waals surface area contributed by atoms with Gasteiger partial charge in [0.15, 0.2) is 0 Å². The average Bonchev–Trinajstić information content (AvgIpc) is 3.32. The van der Waals surface area contributed by atoms with Crippen LogP contribution in [0.25, 0.3) is 16.8 Å². The number of nitrogens with one attached hydrogen (secondary N) is 1. The van der Waals surface area contributed by atoms with Crippen LogP contribution in [0.4, 0.5) is 0 Å². The number of pyridine rings is 2. The van der Waals surface area contributed by atoms with Crippen molar-refractivity contribution in [3.63, 3.8) is 0 Å². The minimum Gasteiger partial charge on any atom is -0.396 e. The van der Waals surface area contributed by atoms with Crippen molar-refractivity contribution in [2.45, 2.75) is 25.7 Å². The molecule has 6 heteroatoms. The molecule has 3 heterocycles. The lowest BCUT2D eigenvalue weighted by Crippen LogP contribution is -2.38. The molecule has 0 spiro atoms. The molecule has 3 aromatic rings. The molecule has 0 atom stereocenters. The summed E-state index contributed by atoms with van der Waals surface area (Å²) in [6.45, 7) is 0.590. The van der Waals surface area contributed by atoms with Crippen LogP contribution in [0.2, 0.25) is 0 Å². The van der Waals surface area contributed by atoms with Crippen molar-refractivity contribution in [1.82, 2.24) is 19.7 Å². The molecular formula is C20H22N4O2. The molecule has 0 unspecified atom stereocenters. The first-order valence-electron chi connectivity index (χ1n) is 8.99. The van der Waals surface area contributed by atoms with Gasteiger partial charge in [0, 0.05) is 36.1 Å². The third-order valence-electron chi connectivity index (χ3n) is 5.33. The van der Waals surface area contributed by atoms with Gasteiger partial charge in [0.25, 0.3) is 5.91 Å². The van der Waals surface area contributed by atoms with E-state index in [2.05, 4.69) is 15.3 Å². The van der Waals surface area contributed by atoms with Gasteiger partial charge in [-0.25, -0.2) is 4.98 Å². The van der Waals surface area contributed by atoms with Crippen molar-refractivity contribution in [3.8, 4) is 11.3 Å². The van der Waals surface area contributed by atoms with Crippen LogP contribution in [0.3, 0.4) is 0 Å². The quantitative estimate of drug-likeness (QED) is 0.741. The number of fused-ring (bicyclic) bond motifs is 1. The Morgan fingerprint density at radius 2 is 1.96 bits per heavy atom. The van der Waals surface area contributed by atoms with Crippen molar-refractivity contribution >= 4 is 11.4 Å². The third kappa shape index (κ3) is 2.97. The average molecular weight is 350 g/mol. The fraction of sp³-hybridized carbons (Fsp3) is 0.350. The highest BCUT2D eigenvalue weighted by Gasteiger charge is 2.34. The van der Waals surface area contributed by atoms with Gasteiger partial charge in [-0.15, -0.1) is 0 Å². The topological polar surface area (TPSA) is 79.5 Å². The van der Waals surface area contributed by atoms with E-state index in [0.717, 1.165) is 42.5 Å². The predicted molar refractivity (Wildman–Crippen MR) is 98.7 cm³/mol. The Balaban J connectivity index is 1.65. The van der Waals surface area contributed by atoms with Crippen LogP contribution >= 0.6 is 0 Å². The van der Waals surface area contributed by atoms with E-state index in [1.807, 2.05) is 40.9 Å². The predicted octanol–water partition coefficient (Wildman–Crippen LogP) is 2.68. The molecule has 0 aliphatic heterocycles. The lowest BCUT2D eigenvalue weighted by atomic mass is 9.87. The molecule has 3 aromatic heterocycles. The number of rotatable bonds is 5. The summed E-state index contributed by atoms with van der Waals surface area (Å²) in [5.74, 6) is 0.143. The highest BCUT2D eigenvalue weighted by molar-refractivity contribution is 5.94. The maximum absolute atomic E-state index is 12.8. The van der Waals surface area contributed by atoms with Crippen molar-refractivity contribution in [1.29, 1.82) is 0 Å². The first kappa shape index (κ1) is 16.7. The smallest absolute Gasteiger partial charge is 0.287 e. The van der Waals surface area contributed by atoms with Gasteiger partial charge in [-0.2, -0.15) is 0 Å². The monoisotopic (exact) mass is 350 g/mol. The number of hydrogen-bond acceptors (Lipinski definition) is 4. The summed E-state index contributed by atoms with van der Waals surface area (Å²) in [5, 5.41) is 12.7. The zero-order valence-corrected chi connectivity index (χ0v) is 14.6. The number of nitrogens with zero attached hydrogens (tertiary/aromatic N) is 3. The Labute approximate surface area is 151 Å². The zero-order valence-electron chi connectivity index (χ0n) is 14.6. The third-order valence-corrected chi connectivity index (χ3v) is 5.33. The van der Waals surface area contributed by atoms with Crippen LogP contribution in [-0.2, 0) is 0 Å². The van der Waals surface area contributed by atoms with E-state index in [-0.39, 0.29) is 17.9 Å². The highest BCUT2D eigenvalue weighted by atomic mass is 16.3. The largest absolute Gasteiger partial charge is 0.396 e. The first-order valence-corrected chi connectivity index (χ1v) is 8.99. The van der Waals surface area contributed by atoms with Gasteiger partial charge < -0.3 is 10.4 Å². The maximum Gasteiger partial charge on any atom is 0.287 e. The Morgan fingerprint density at radius 3 is 2.69 bits per heavy atom.